The number of sulfonamides is 4. The molecule has 0 atom stereocenters. The zero-order chi connectivity index (χ0) is 33.3. The molecule has 0 unspecified atom stereocenters. The minimum absolute atomic E-state index is 0.398. The van der Waals surface area contributed by atoms with Gasteiger partial charge in [-0.25, -0.2) is 27.1 Å². The monoisotopic (exact) mass is 688 g/mol. The van der Waals surface area contributed by atoms with Crippen molar-refractivity contribution in [2.45, 2.75) is 9.79 Å². The van der Waals surface area contributed by atoms with E-state index >= 15 is 0 Å². The molecule has 2 aromatic rings. The van der Waals surface area contributed by atoms with Gasteiger partial charge in [0.15, 0.2) is 0 Å². The topological polar surface area (TPSA) is 300 Å². The molecule has 0 bridgehead atoms. The fourth-order valence-corrected chi connectivity index (χ4v) is 5.59. The predicted octanol–water partition coefficient (Wildman–Crippen LogP) is 1.18. The third-order valence-corrected chi connectivity index (χ3v) is 9.06. The van der Waals surface area contributed by atoms with Gasteiger partial charge < -0.3 is 0 Å². The molecule has 234 valence electrons. The van der Waals surface area contributed by atoms with E-state index in [-0.39, 0.29) is 0 Å². The van der Waals surface area contributed by atoms with Crippen LogP contribution in [0.4, 0.5) is 11.4 Å². The summed E-state index contributed by atoms with van der Waals surface area (Å²) in [5.74, 6) is 0. The maximum absolute atomic E-state index is 12.4. The Morgan fingerprint density at radius 3 is 1.25 bits per heavy atom. The maximum atomic E-state index is 12.4. The summed E-state index contributed by atoms with van der Waals surface area (Å²) in [6, 6.07) is 7.68. The summed E-state index contributed by atoms with van der Waals surface area (Å²) in [6.07, 6.45) is 6.77. The van der Waals surface area contributed by atoms with Crippen molar-refractivity contribution in [3.05, 3.63) is 115 Å². The van der Waals surface area contributed by atoms with Crippen molar-refractivity contribution in [1.82, 2.24) is 0 Å². The van der Waals surface area contributed by atoms with Crippen molar-refractivity contribution in [1.29, 1.82) is 0 Å². The van der Waals surface area contributed by atoms with Gasteiger partial charge in [-0.2, -0.15) is 25.6 Å². The van der Waals surface area contributed by atoms with E-state index in [0.717, 1.165) is 85.0 Å². The van der Waals surface area contributed by atoms with Gasteiger partial charge >= 0.3 is 0 Å². The first-order valence-corrected chi connectivity index (χ1v) is 17.1. The Bertz CT molecular complexity index is 1950. The van der Waals surface area contributed by atoms with Crippen LogP contribution in [-0.2, 0) is 40.1 Å². The zero-order valence-electron chi connectivity index (χ0n) is 21.7. The fourth-order valence-electron chi connectivity index (χ4n) is 2.73. The second kappa shape index (κ2) is 14.2. The summed E-state index contributed by atoms with van der Waals surface area (Å²) in [5.41, 5.74) is -1.10. The molecule has 0 heterocycles. The highest BCUT2D eigenvalue weighted by molar-refractivity contribution is 7.94. The maximum Gasteiger partial charge on any atom is 0.282 e. The van der Waals surface area contributed by atoms with Crippen LogP contribution < -0.4 is 10.3 Å². The van der Waals surface area contributed by atoms with Gasteiger partial charge in [0.25, 0.3) is 31.4 Å². The molecule has 0 radical (unpaired) electrons. The first-order chi connectivity index (χ1) is 20.2. The smallest absolute Gasteiger partial charge is 0.258 e. The highest BCUT2D eigenvalue weighted by Gasteiger charge is 2.19. The Labute approximate surface area is 250 Å². The lowest BCUT2D eigenvalue weighted by molar-refractivity contribution is -0.385. The van der Waals surface area contributed by atoms with Gasteiger partial charge in [0.1, 0.15) is 9.81 Å². The number of hydrogen-bond acceptors (Lipinski definition) is 12. The molecule has 0 amide bonds. The van der Waals surface area contributed by atoms with Crippen LogP contribution in [0.2, 0.25) is 0 Å². The Morgan fingerprint density at radius 2 is 0.955 bits per heavy atom. The molecule has 0 saturated heterocycles. The van der Waals surface area contributed by atoms with Crippen LogP contribution in [-0.4, -0.2) is 55.9 Å². The lowest BCUT2D eigenvalue weighted by Gasteiger charge is -2.00. The Morgan fingerprint density at radius 1 is 0.614 bits per heavy atom. The molecular weight excluding hydrogens is 669 g/mol. The molecule has 4 N–H and O–H groups in total. The number of benzene rings is 2. The number of rotatable bonds is 13. The molecule has 22 heteroatoms. The predicted molar refractivity (Wildman–Crippen MR) is 158 cm³/mol. The molecule has 2 aromatic carbocycles. The molecule has 0 fully saturated rings. The quantitative estimate of drug-likeness (QED) is 0.130. The van der Waals surface area contributed by atoms with Crippen molar-refractivity contribution < 1.29 is 43.5 Å². The van der Waals surface area contributed by atoms with Gasteiger partial charge in [0, 0.05) is 24.3 Å². The summed E-state index contributed by atoms with van der Waals surface area (Å²) in [4.78, 5) is 17.3. The van der Waals surface area contributed by atoms with Crippen LogP contribution in [0.1, 0.15) is 0 Å². The third-order valence-electron chi connectivity index (χ3n) is 4.80. The third kappa shape index (κ3) is 10.5. The summed E-state index contributed by atoms with van der Waals surface area (Å²) in [5, 5.41) is 31.9. The van der Waals surface area contributed by atoms with E-state index in [4.69, 9.17) is 10.3 Å². The van der Waals surface area contributed by atoms with Gasteiger partial charge in [-0.1, -0.05) is 36.4 Å². The number of nitro benzene ring substituents is 2. The molecule has 18 nitrogen and oxygen atoms in total. The number of allylic oxidation sites excluding steroid dienone is 8. The van der Waals surface area contributed by atoms with Crippen molar-refractivity contribution in [3.8, 4) is 0 Å². The van der Waals surface area contributed by atoms with Crippen molar-refractivity contribution in [2.75, 3.05) is 0 Å². The number of nitro groups is 2. The highest BCUT2D eigenvalue weighted by atomic mass is 32.2. The first kappa shape index (κ1) is 35.5. The molecule has 0 aliphatic rings. The summed E-state index contributed by atoms with van der Waals surface area (Å²) < 4.78 is 103. The van der Waals surface area contributed by atoms with E-state index < -0.39 is 80.9 Å². The van der Waals surface area contributed by atoms with E-state index in [2.05, 4.69) is 8.80 Å². The molecule has 44 heavy (non-hydrogen) atoms. The van der Waals surface area contributed by atoms with E-state index in [0.29, 0.717) is 12.4 Å². The molecule has 0 aliphatic carbocycles. The van der Waals surface area contributed by atoms with Crippen molar-refractivity contribution >= 4 is 63.9 Å². The number of nitrogens with two attached hydrogens (primary N) is 2. The van der Waals surface area contributed by atoms with Gasteiger partial charge in [-0.05, 0) is 24.3 Å². The van der Waals surface area contributed by atoms with Gasteiger partial charge in [-0.3, -0.25) is 20.2 Å². The fraction of sp³-hybridized carbons (Fsp3) is 0. The summed E-state index contributed by atoms with van der Waals surface area (Å²) in [7, 11) is -18.2. The Balaban J connectivity index is 2.31. The number of hydrogen-bond donors (Lipinski definition) is 2. The van der Waals surface area contributed by atoms with Crippen molar-refractivity contribution in [3.63, 3.8) is 0 Å². The number of nitrogens with zero attached hydrogens (tertiary/aromatic N) is 4. The molecule has 0 aromatic heterocycles. The molecule has 0 saturated carbocycles. The van der Waals surface area contributed by atoms with Gasteiger partial charge in [-0.15, -0.1) is 0 Å². The average Bonchev–Trinajstić information content (AvgIpc) is 2.92. The van der Waals surface area contributed by atoms with E-state index in [1.54, 1.807) is 0 Å². The van der Waals surface area contributed by atoms with E-state index in [9.17, 15) is 53.9 Å². The second-order valence-electron chi connectivity index (χ2n) is 7.93. The summed E-state index contributed by atoms with van der Waals surface area (Å²) >= 11 is 0. The lowest BCUT2D eigenvalue weighted by Crippen LogP contribution is -2.16. The standard InChI is InChI=1S/C22H20N6O12S4/c23-41(33,34)21(15-25-43(37,38)19-11-5-7-17(13-19)27(29)30)9-3-1-2-4-10-22(42(24,35)36)16-26-44(39,40)20-12-6-8-18(14-20)28(31)32/h1-16H,(H2,23,33,34)(H2,24,35,36)/b3-1+,4-2+,21-9-,22-10+,25-15+,26-16+. The minimum Gasteiger partial charge on any atom is -0.258 e. The molecule has 2 rings (SSSR count). The van der Waals surface area contributed by atoms with Crippen LogP contribution in [0.3, 0.4) is 0 Å². The normalized spacial score (nSPS) is 14.2. The van der Waals surface area contributed by atoms with Crippen LogP contribution in [0.15, 0.2) is 113 Å². The lowest BCUT2D eigenvalue weighted by atomic mass is 10.3. The van der Waals surface area contributed by atoms with Crippen LogP contribution in [0, 0.1) is 20.2 Å². The number of primary sulfonamides is 2. The largest absolute Gasteiger partial charge is 0.282 e. The SMILES string of the molecule is NS(=O)(=O)C(=C\C=C\C=C\C=C(/C=N/S(=O)(=O)c1cccc([N+](=O)[O-])c1)S(N)(=O)=O)/C=N/S(=O)(=O)c1cccc([N+](=O)[O-])c1. The average molecular weight is 689 g/mol. The Kier molecular flexibility index (Phi) is 11.4. The molecule has 0 spiro atoms. The summed E-state index contributed by atoms with van der Waals surface area (Å²) in [6.45, 7) is 0. The minimum atomic E-state index is -4.57. The van der Waals surface area contributed by atoms with E-state index in [1.807, 2.05) is 0 Å². The van der Waals surface area contributed by atoms with Crippen LogP contribution in [0.5, 0.6) is 0 Å². The second-order valence-corrected chi connectivity index (χ2v) is 14.3. The highest BCUT2D eigenvalue weighted by Crippen LogP contribution is 2.20. The van der Waals surface area contributed by atoms with Crippen molar-refractivity contribution in [2.24, 2.45) is 19.1 Å². The zero-order valence-corrected chi connectivity index (χ0v) is 25.0. The van der Waals surface area contributed by atoms with Crippen LogP contribution >= 0.6 is 0 Å². The van der Waals surface area contributed by atoms with Gasteiger partial charge in [0.2, 0.25) is 20.0 Å². The van der Waals surface area contributed by atoms with Crippen LogP contribution in [0.25, 0.3) is 0 Å². The van der Waals surface area contributed by atoms with E-state index in [1.165, 1.54) is 0 Å². The molecular formula is C22H20N6O12S4. The Hall–Kier alpha value is -4.74. The van der Waals surface area contributed by atoms with Gasteiger partial charge in [0.05, 0.1) is 32.1 Å². The molecule has 0 aliphatic heterocycles. The number of non-ortho nitro benzene ring substituents is 2. The first-order valence-electron chi connectivity index (χ1n) is 11.1.